The summed E-state index contributed by atoms with van der Waals surface area (Å²) in [5, 5.41) is 1.48. The second kappa shape index (κ2) is 7.33. The number of hydrazine groups is 1. The maximum Gasteiger partial charge on any atom is 0.265 e. The Morgan fingerprint density at radius 3 is 2.46 bits per heavy atom. The lowest BCUT2D eigenvalue weighted by Gasteiger charge is -2.14. The normalized spacial score (nSPS) is 11.2. The zero-order valence-electron chi connectivity index (χ0n) is 13.6. The lowest BCUT2D eigenvalue weighted by molar-refractivity contribution is 0.0856. The van der Waals surface area contributed by atoms with E-state index in [2.05, 4.69) is 10.1 Å². The Bertz CT molecular complexity index is 835. The number of anilines is 1. The lowest BCUT2D eigenvalue weighted by Crippen LogP contribution is -2.36. The molecule has 2 aromatic carbocycles. The molecule has 0 heterocycles. The number of benzene rings is 2. The van der Waals surface area contributed by atoms with E-state index in [-0.39, 0.29) is 10.5 Å². The summed E-state index contributed by atoms with van der Waals surface area (Å²) in [6, 6.07) is 12.5. The molecule has 0 aliphatic heterocycles. The first-order chi connectivity index (χ1) is 11.3. The van der Waals surface area contributed by atoms with Crippen LogP contribution in [0.1, 0.15) is 10.4 Å². The molecule has 0 saturated heterocycles. The van der Waals surface area contributed by atoms with E-state index in [0.717, 1.165) is 0 Å². The van der Waals surface area contributed by atoms with Crippen molar-refractivity contribution in [2.45, 2.75) is 4.90 Å². The third kappa shape index (κ3) is 4.24. The van der Waals surface area contributed by atoms with Crippen LogP contribution in [0.2, 0.25) is 0 Å². The predicted octanol–water partition coefficient (Wildman–Crippen LogP) is 1.70. The van der Waals surface area contributed by atoms with Gasteiger partial charge >= 0.3 is 0 Å². The fourth-order valence-electron chi connectivity index (χ4n) is 2.00. The van der Waals surface area contributed by atoms with Crippen LogP contribution in [0.25, 0.3) is 0 Å². The van der Waals surface area contributed by atoms with E-state index in [1.807, 2.05) is 0 Å². The van der Waals surface area contributed by atoms with Gasteiger partial charge in [-0.2, -0.15) is 0 Å². The molecule has 0 spiro atoms. The number of carbonyl (C=O) groups excluding carboxylic acids is 1. The summed E-state index contributed by atoms with van der Waals surface area (Å²) in [7, 11) is 0.940. The second-order valence-electron chi connectivity index (χ2n) is 5.17. The maximum absolute atomic E-state index is 12.6. The zero-order valence-corrected chi connectivity index (χ0v) is 14.4. The molecule has 1 amide bonds. The number of para-hydroxylation sites is 2. The van der Waals surface area contributed by atoms with Crippen molar-refractivity contribution in [3.05, 3.63) is 54.1 Å². The molecule has 2 N–H and O–H groups in total. The molecule has 0 aliphatic carbocycles. The molecule has 8 heteroatoms. The zero-order chi connectivity index (χ0) is 17.7. The first kappa shape index (κ1) is 17.8. The van der Waals surface area contributed by atoms with Crippen LogP contribution >= 0.6 is 0 Å². The minimum atomic E-state index is -3.85. The van der Waals surface area contributed by atoms with Gasteiger partial charge in [-0.1, -0.05) is 18.2 Å². The summed E-state index contributed by atoms with van der Waals surface area (Å²) in [4.78, 5) is 12.0. The van der Waals surface area contributed by atoms with E-state index in [1.165, 1.54) is 30.3 Å². The molecule has 0 aromatic heterocycles. The van der Waals surface area contributed by atoms with Crippen LogP contribution in [0.5, 0.6) is 5.75 Å². The highest BCUT2D eigenvalue weighted by Gasteiger charge is 2.18. The van der Waals surface area contributed by atoms with Gasteiger partial charge in [0.2, 0.25) is 0 Å². The van der Waals surface area contributed by atoms with Gasteiger partial charge in [-0.3, -0.25) is 14.9 Å². The Morgan fingerprint density at radius 2 is 1.79 bits per heavy atom. The molecule has 0 aliphatic rings. The number of carbonyl (C=O) groups is 1. The SMILES string of the molecule is COc1ccccc1NS(=O)(=O)c1cccc(C(=O)NN(C)C)c1. The number of amides is 1. The number of ether oxygens (including phenoxy) is 1. The van der Waals surface area contributed by atoms with Crippen molar-refractivity contribution < 1.29 is 17.9 Å². The topological polar surface area (TPSA) is 87.7 Å². The van der Waals surface area contributed by atoms with Gasteiger partial charge in [0, 0.05) is 19.7 Å². The van der Waals surface area contributed by atoms with Gasteiger partial charge in [-0.25, -0.2) is 13.4 Å². The van der Waals surface area contributed by atoms with Gasteiger partial charge in [-0.15, -0.1) is 0 Å². The Balaban J connectivity index is 2.31. The average molecular weight is 349 g/mol. The van der Waals surface area contributed by atoms with Crippen molar-refractivity contribution in [3.8, 4) is 5.75 Å². The van der Waals surface area contributed by atoms with E-state index in [9.17, 15) is 13.2 Å². The van der Waals surface area contributed by atoms with Crippen molar-refractivity contribution >= 4 is 21.6 Å². The largest absolute Gasteiger partial charge is 0.495 e. The van der Waals surface area contributed by atoms with E-state index in [4.69, 9.17) is 4.74 Å². The van der Waals surface area contributed by atoms with Crippen LogP contribution in [0.15, 0.2) is 53.4 Å². The van der Waals surface area contributed by atoms with Crippen LogP contribution in [-0.2, 0) is 10.0 Å². The van der Waals surface area contributed by atoms with Gasteiger partial charge in [-0.05, 0) is 30.3 Å². The Morgan fingerprint density at radius 1 is 1.08 bits per heavy atom. The van der Waals surface area contributed by atoms with Crippen LogP contribution in [0.4, 0.5) is 5.69 Å². The highest BCUT2D eigenvalue weighted by atomic mass is 32.2. The number of methoxy groups -OCH3 is 1. The first-order valence-corrected chi connectivity index (χ1v) is 8.56. The Labute approximate surface area is 141 Å². The van der Waals surface area contributed by atoms with Crippen molar-refractivity contribution in [2.75, 3.05) is 25.9 Å². The molecule has 2 aromatic rings. The summed E-state index contributed by atoms with van der Waals surface area (Å²) in [5.41, 5.74) is 3.13. The number of nitrogens with zero attached hydrogens (tertiary/aromatic N) is 1. The minimum absolute atomic E-state index is 0.0141. The summed E-state index contributed by atoms with van der Waals surface area (Å²) >= 11 is 0. The molecule has 0 radical (unpaired) electrons. The fourth-order valence-corrected chi connectivity index (χ4v) is 3.12. The minimum Gasteiger partial charge on any atom is -0.495 e. The number of rotatable bonds is 6. The fraction of sp³-hybridized carbons (Fsp3) is 0.188. The van der Waals surface area contributed by atoms with Crippen molar-refractivity contribution in [1.82, 2.24) is 10.4 Å². The third-order valence-corrected chi connectivity index (χ3v) is 4.45. The smallest absolute Gasteiger partial charge is 0.265 e. The molecule has 0 bridgehead atoms. The third-order valence-electron chi connectivity index (χ3n) is 3.08. The second-order valence-corrected chi connectivity index (χ2v) is 6.85. The summed E-state index contributed by atoms with van der Waals surface area (Å²) in [6.07, 6.45) is 0. The molecule has 7 nitrogen and oxygen atoms in total. The van der Waals surface area contributed by atoms with Gasteiger partial charge in [0.1, 0.15) is 5.75 Å². The molecule has 0 fully saturated rings. The van der Waals surface area contributed by atoms with Crippen molar-refractivity contribution in [2.24, 2.45) is 0 Å². The number of sulfonamides is 1. The Kier molecular flexibility index (Phi) is 5.42. The van der Waals surface area contributed by atoms with Gasteiger partial charge in [0.15, 0.2) is 0 Å². The van der Waals surface area contributed by atoms with Gasteiger partial charge < -0.3 is 4.74 Å². The molecule has 2 rings (SSSR count). The van der Waals surface area contributed by atoms with E-state index >= 15 is 0 Å². The van der Waals surface area contributed by atoms with Crippen molar-refractivity contribution in [3.63, 3.8) is 0 Å². The standard InChI is InChI=1S/C16H19N3O4S/c1-19(2)17-16(20)12-7-6-8-13(11-12)24(21,22)18-14-9-4-5-10-15(14)23-3/h4-11,18H,1-3H3,(H,17,20). The molecule has 24 heavy (non-hydrogen) atoms. The number of nitrogens with one attached hydrogen (secondary N) is 2. The van der Waals surface area contributed by atoms with E-state index in [1.54, 1.807) is 44.4 Å². The maximum atomic E-state index is 12.6. The predicted molar refractivity (Wildman–Crippen MR) is 91.4 cm³/mol. The average Bonchev–Trinajstić information content (AvgIpc) is 2.54. The molecular formula is C16H19N3O4S. The van der Waals surface area contributed by atoms with Crippen LogP contribution in [-0.4, -0.2) is 40.5 Å². The highest BCUT2D eigenvalue weighted by Crippen LogP contribution is 2.26. The highest BCUT2D eigenvalue weighted by molar-refractivity contribution is 7.92. The van der Waals surface area contributed by atoms with Crippen LogP contribution in [0.3, 0.4) is 0 Å². The Hall–Kier alpha value is -2.58. The van der Waals surface area contributed by atoms with Crippen molar-refractivity contribution in [1.29, 1.82) is 0 Å². The lowest BCUT2D eigenvalue weighted by atomic mass is 10.2. The van der Waals surface area contributed by atoms with Gasteiger partial charge in [0.05, 0.1) is 17.7 Å². The van der Waals surface area contributed by atoms with E-state index < -0.39 is 15.9 Å². The van der Waals surface area contributed by atoms with E-state index in [0.29, 0.717) is 11.4 Å². The first-order valence-electron chi connectivity index (χ1n) is 7.07. The number of hydrogen-bond acceptors (Lipinski definition) is 5. The summed E-state index contributed by atoms with van der Waals surface area (Å²) in [6.45, 7) is 0. The van der Waals surface area contributed by atoms with Gasteiger partial charge in [0.25, 0.3) is 15.9 Å². The quantitative estimate of drug-likeness (QED) is 0.775. The summed E-state index contributed by atoms with van der Waals surface area (Å²) in [5.74, 6) is 0.0110. The molecule has 128 valence electrons. The van der Waals surface area contributed by atoms with Crippen LogP contribution in [0, 0.1) is 0 Å². The van der Waals surface area contributed by atoms with Crippen LogP contribution < -0.4 is 14.9 Å². The number of hydrogen-bond donors (Lipinski definition) is 2. The molecular weight excluding hydrogens is 330 g/mol. The molecule has 0 atom stereocenters. The molecule has 0 saturated carbocycles. The molecule has 0 unspecified atom stereocenters. The summed E-state index contributed by atoms with van der Waals surface area (Å²) < 4.78 is 32.7. The monoisotopic (exact) mass is 349 g/mol.